The number of hydrogen-bond acceptors (Lipinski definition) is 10. The first-order chi connectivity index (χ1) is 12.1. The molecule has 0 spiro atoms. The number of rotatable bonds is 6. The van der Waals surface area contributed by atoms with Crippen LogP contribution in [-0.2, 0) is 23.2 Å². The van der Waals surface area contributed by atoms with Crippen LogP contribution in [0, 0.1) is 0 Å². The Morgan fingerprint density at radius 1 is 1.30 bits per heavy atom. The van der Waals surface area contributed by atoms with Gasteiger partial charge in [0, 0.05) is 20.7 Å². The van der Waals surface area contributed by atoms with Gasteiger partial charge in [-0.25, -0.2) is 0 Å². The molecule has 0 N–H and O–H groups in total. The number of phosphoric ester groups is 1. The van der Waals surface area contributed by atoms with E-state index < -0.39 is 19.2 Å². The second-order valence-corrected chi connectivity index (χ2v) is 9.30. The zero-order valence-electron chi connectivity index (χ0n) is 15.6. The maximum atomic E-state index is 12.2. The van der Waals surface area contributed by atoms with Crippen LogP contribution in [0.5, 0.6) is 0 Å². The number of nitrogens with zero attached hydrogens (tertiary/aromatic N) is 4. The van der Waals surface area contributed by atoms with Crippen LogP contribution in [0.25, 0.3) is 0 Å². The van der Waals surface area contributed by atoms with Gasteiger partial charge < -0.3 is 9.42 Å². The fraction of sp³-hybridized carbons (Fsp3) is 0.538. The Balaban J connectivity index is 0.00000364. The number of hydrogen-bond donors (Lipinski definition) is 0. The minimum Gasteiger partial charge on any atom is -0.756 e. The number of likely N-dealkylation sites (N-methyl/N-ethyl adjacent to an activating group) is 1. The molecule has 0 aromatic carbocycles. The van der Waals surface area contributed by atoms with Crippen molar-refractivity contribution >= 4 is 53.5 Å². The van der Waals surface area contributed by atoms with Gasteiger partial charge >= 0.3 is 29.6 Å². The van der Waals surface area contributed by atoms with Gasteiger partial charge in [-0.15, -0.1) is 10.2 Å². The van der Waals surface area contributed by atoms with E-state index in [2.05, 4.69) is 25.8 Å². The number of amides is 2. The average Bonchev–Trinajstić information content (AvgIpc) is 2.97. The average molecular weight is 444 g/mol. The third-order valence-electron chi connectivity index (χ3n) is 3.26. The molecule has 0 radical (unpaired) electrons. The first kappa shape index (κ1) is 24.9. The number of thioether (sulfide) groups is 2. The summed E-state index contributed by atoms with van der Waals surface area (Å²) in [5.41, 5.74) is -0.541. The van der Waals surface area contributed by atoms with Gasteiger partial charge in [-0.3, -0.25) is 28.5 Å². The summed E-state index contributed by atoms with van der Waals surface area (Å²) in [4.78, 5) is 38.2. The maximum Gasteiger partial charge on any atom is 1.00 e. The van der Waals surface area contributed by atoms with Crippen molar-refractivity contribution in [3.05, 3.63) is 12.2 Å². The summed E-state index contributed by atoms with van der Waals surface area (Å²) in [5.74, 6) is -0.710. The van der Waals surface area contributed by atoms with Gasteiger partial charge in [-0.05, 0) is 25.6 Å². The van der Waals surface area contributed by atoms with E-state index in [4.69, 9.17) is 0 Å². The minimum absolute atomic E-state index is 0. The van der Waals surface area contributed by atoms with Gasteiger partial charge in [0.25, 0.3) is 13.7 Å². The molecule has 0 aromatic rings. The number of phosphoric acid groups is 1. The first-order valence-corrected chi connectivity index (χ1v) is 10.5. The van der Waals surface area contributed by atoms with E-state index in [1.807, 2.05) is 0 Å². The molecule has 14 heteroatoms. The van der Waals surface area contributed by atoms with E-state index in [1.165, 1.54) is 23.7 Å². The molecule has 2 fully saturated rings. The Bertz CT molecular complexity index is 748. The molecule has 1 unspecified atom stereocenters. The maximum absolute atomic E-state index is 12.2. The molecule has 2 saturated heterocycles. The predicted octanol–water partition coefficient (Wildman–Crippen LogP) is -2.18. The molecule has 2 amide bonds. The molecule has 0 bridgehead atoms. The van der Waals surface area contributed by atoms with Gasteiger partial charge in [0.15, 0.2) is 15.8 Å². The second kappa shape index (κ2) is 10.0. The van der Waals surface area contributed by atoms with E-state index in [0.717, 1.165) is 29.3 Å². The molecule has 10 nitrogen and oxygen atoms in total. The van der Waals surface area contributed by atoms with Crippen molar-refractivity contribution in [1.82, 2.24) is 9.80 Å². The van der Waals surface area contributed by atoms with Crippen LogP contribution < -0.4 is 34.5 Å². The summed E-state index contributed by atoms with van der Waals surface area (Å²) in [5, 5.41) is 8.28. The van der Waals surface area contributed by atoms with Crippen LogP contribution in [0.15, 0.2) is 22.4 Å². The second-order valence-electron chi connectivity index (χ2n) is 5.49. The van der Waals surface area contributed by atoms with Crippen molar-refractivity contribution < 1.29 is 57.7 Å². The van der Waals surface area contributed by atoms with E-state index in [-0.39, 0.29) is 45.9 Å². The standard InChI is InChI=1S/C13H19N4O6PS2.Na/c1-7(2)6-17-9(18)8(3)25-13(17)15-14-12-16(4)10(19)11(26-12)23-24(20,21)22-5;/h8,11H,1,6H2,2-5H3,(H,20,21);/q;+1/p-1/b14-12+,15-13-;/t8-,11+;/m1./s1. The van der Waals surface area contributed by atoms with Gasteiger partial charge in [0.1, 0.15) is 0 Å². The van der Waals surface area contributed by atoms with Crippen molar-refractivity contribution in [1.29, 1.82) is 0 Å². The van der Waals surface area contributed by atoms with Gasteiger partial charge in [-0.2, -0.15) is 0 Å². The van der Waals surface area contributed by atoms with Crippen LogP contribution in [0.3, 0.4) is 0 Å². The molecule has 0 aromatic heterocycles. The van der Waals surface area contributed by atoms with Gasteiger partial charge in [-0.1, -0.05) is 23.9 Å². The smallest absolute Gasteiger partial charge is 0.756 e. The molecule has 0 saturated carbocycles. The molecule has 27 heavy (non-hydrogen) atoms. The molecule has 2 rings (SSSR count). The number of carbonyl (C=O) groups excluding carboxylic acids is 2. The zero-order valence-corrected chi connectivity index (χ0v) is 20.1. The molecule has 2 aliphatic rings. The summed E-state index contributed by atoms with van der Waals surface area (Å²) < 4.78 is 20.3. The molecule has 2 heterocycles. The van der Waals surface area contributed by atoms with E-state index in [1.54, 1.807) is 13.8 Å². The summed E-state index contributed by atoms with van der Waals surface area (Å²) in [7, 11) is -2.21. The van der Waals surface area contributed by atoms with Crippen LogP contribution in [0.4, 0.5) is 0 Å². The van der Waals surface area contributed by atoms with Crippen molar-refractivity contribution in [2.45, 2.75) is 24.5 Å². The van der Waals surface area contributed by atoms with E-state index >= 15 is 0 Å². The van der Waals surface area contributed by atoms with Crippen molar-refractivity contribution in [3.63, 3.8) is 0 Å². The molecule has 0 aliphatic carbocycles. The van der Waals surface area contributed by atoms with Crippen LogP contribution in [-0.4, -0.2) is 63.3 Å². The third-order valence-corrected chi connectivity index (χ3v) is 6.46. The minimum atomic E-state index is -4.57. The monoisotopic (exact) mass is 444 g/mol. The fourth-order valence-electron chi connectivity index (χ4n) is 1.96. The number of amidine groups is 2. The van der Waals surface area contributed by atoms with Crippen LogP contribution >= 0.6 is 31.3 Å². The van der Waals surface area contributed by atoms with E-state index in [0.29, 0.717) is 11.7 Å². The molecule has 144 valence electrons. The van der Waals surface area contributed by atoms with Crippen molar-refractivity contribution in [2.24, 2.45) is 10.2 Å². The van der Waals surface area contributed by atoms with Crippen molar-refractivity contribution in [2.75, 3.05) is 20.7 Å². The Labute approximate surface area is 187 Å². The zero-order chi connectivity index (χ0) is 19.6. The normalized spacial score (nSPS) is 28.0. The summed E-state index contributed by atoms with van der Waals surface area (Å²) >= 11 is 2.03. The van der Waals surface area contributed by atoms with E-state index in [9.17, 15) is 19.0 Å². The Morgan fingerprint density at radius 3 is 2.44 bits per heavy atom. The largest absolute Gasteiger partial charge is 1.00 e. The summed E-state index contributed by atoms with van der Waals surface area (Å²) in [6.45, 7) is 7.66. The molecular weight excluding hydrogens is 426 g/mol. The summed E-state index contributed by atoms with van der Waals surface area (Å²) in [6, 6.07) is 0. The summed E-state index contributed by atoms with van der Waals surface area (Å²) in [6.07, 6.45) is 0. The SMILES string of the molecule is C=C(C)CN1C(=O)[C@@H](C)S/C1=N\N=C1\S[C@H](OP(=O)([O-])OC)C(=O)N1C.[Na+]. The van der Waals surface area contributed by atoms with Gasteiger partial charge in [0.2, 0.25) is 5.91 Å². The third kappa shape index (κ3) is 6.15. The van der Waals surface area contributed by atoms with Gasteiger partial charge in [0.05, 0.1) is 5.25 Å². The molecule has 2 aliphatic heterocycles. The topological polar surface area (TPSA) is 124 Å². The number of carbonyl (C=O) groups is 2. The van der Waals surface area contributed by atoms with Crippen LogP contribution in [0.2, 0.25) is 0 Å². The fourth-order valence-corrected chi connectivity index (χ4v) is 4.56. The van der Waals surface area contributed by atoms with Crippen LogP contribution in [0.1, 0.15) is 13.8 Å². The van der Waals surface area contributed by atoms with Crippen molar-refractivity contribution in [3.8, 4) is 0 Å². The predicted molar refractivity (Wildman–Crippen MR) is 98.3 cm³/mol. The first-order valence-electron chi connectivity index (χ1n) is 7.33. The molecular formula is C13H18N4NaO6PS2. The molecule has 3 atom stereocenters. The Morgan fingerprint density at radius 2 is 1.89 bits per heavy atom. The quantitative estimate of drug-likeness (QED) is 0.196. The Hall–Kier alpha value is -0.170. The Kier molecular flexibility index (Phi) is 9.25.